The number of fused-ring (bicyclic) bond motifs is 1. The van der Waals surface area contributed by atoms with Gasteiger partial charge in [-0.3, -0.25) is 4.79 Å². The third kappa shape index (κ3) is 2.76. The summed E-state index contributed by atoms with van der Waals surface area (Å²) in [5, 5.41) is 3.36. The van der Waals surface area contributed by atoms with Crippen LogP contribution in [0.3, 0.4) is 0 Å². The van der Waals surface area contributed by atoms with Crippen molar-refractivity contribution >= 4 is 22.5 Å². The fourth-order valence-corrected chi connectivity index (χ4v) is 2.23. The molecule has 3 nitrogen and oxygen atoms in total. The molecule has 0 unspecified atom stereocenters. The molecule has 0 saturated heterocycles. The standard InChI is InChI=1S/C16H12F2N2O/c17-11-4-6-12(7-5-11)20-15(21)8-10-9-19-16-13(10)2-1-3-14(16)18/h1-7,9,19H,8H2,(H,20,21). The zero-order chi connectivity index (χ0) is 14.8. The van der Waals surface area contributed by atoms with E-state index in [1.807, 2.05) is 0 Å². The number of halogens is 2. The van der Waals surface area contributed by atoms with Crippen molar-refractivity contribution in [1.29, 1.82) is 0 Å². The first-order chi connectivity index (χ1) is 10.1. The van der Waals surface area contributed by atoms with E-state index in [4.69, 9.17) is 0 Å². The Morgan fingerprint density at radius 1 is 1.10 bits per heavy atom. The van der Waals surface area contributed by atoms with Gasteiger partial charge in [-0.2, -0.15) is 0 Å². The third-order valence-corrected chi connectivity index (χ3v) is 3.23. The Bertz CT molecular complexity index is 794. The number of amides is 1. The Balaban J connectivity index is 1.77. The molecule has 3 aromatic rings. The summed E-state index contributed by atoms with van der Waals surface area (Å²) in [6.07, 6.45) is 1.73. The molecule has 21 heavy (non-hydrogen) atoms. The molecule has 2 aromatic carbocycles. The second kappa shape index (κ2) is 5.36. The van der Waals surface area contributed by atoms with Gasteiger partial charge in [0.1, 0.15) is 11.6 Å². The molecule has 0 saturated carbocycles. The van der Waals surface area contributed by atoms with Crippen molar-refractivity contribution in [2.45, 2.75) is 6.42 Å². The van der Waals surface area contributed by atoms with Crippen molar-refractivity contribution in [2.75, 3.05) is 5.32 Å². The summed E-state index contributed by atoms with van der Waals surface area (Å²) in [5.41, 5.74) is 1.62. The number of carbonyl (C=O) groups is 1. The average Bonchev–Trinajstić information content (AvgIpc) is 2.86. The fourth-order valence-electron chi connectivity index (χ4n) is 2.23. The first-order valence-electron chi connectivity index (χ1n) is 6.43. The molecule has 0 spiro atoms. The predicted molar refractivity (Wildman–Crippen MR) is 77.0 cm³/mol. The number of para-hydroxylation sites is 1. The van der Waals surface area contributed by atoms with Crippen molar-refractivity contribution in [2.24, 2.45) is 0 Å². The van der Waals surface area contributed by atoms with E-state index in [9.17, 15) is 13.6 Å². The van der Waals surface area contributed by atoms with Gasteiger partial charge >= 0.3 is 0 Å². The van der Waals surface area contributed by atoms with Crippen LogP contribution in [-0.4, -0.2) is 10.9 Å². The van der Waals surface area contributed by atoms with Gasteiger partial charge in [-0.1, -0.05) is 12.1 Å². The summed E-state index contributed by atoms with van der Waals surface area (Å²) in [7, 11) is 0. The van der Waals surface area contributed by atoms with Crippen LogP contribution < -0.4 is 5.32 Å². The molecule has 3 rings (SSSR count). The largest absolute Gasteiger partial charge is 0.359 e. The minimum absolute atomic E-state index is 0.112. The van der Waals surface area contributed by atoms with Crippen molar-refractivity contribution in [3.8, 4) is 0 Å². The number of nitrogens with one attached hydrogen (secondary N) is 2. The number of H-pyrrole nitrogens is 1. The number of carbonyl (C=O) groups excluding carboxylic acids is 1. The van der Waals surface area contributed by atoms with Crippen LogP contribution in [-0.2, 0) is 11.2 Å². The molecule has 1 aromatic heterocycles. The lowest BCUT2D eigenvalue weighted by Gasteiger charge is -2.04. The molecule has 0 atom stereocenters. The summed E-state index contributed by atoms with van der Waals surface area (Å²) < 4.78 is 26.3. The molecule has 1 heterocycles. The van der Waals surface area contributed by atoms with E-state index in [0.717, 1.165) is 0 Å². The normalized spacial score (nSPS) is 10.8. The molecule has 0 aliphatic heterocycles. The molecule has 0 bridgehead atoms. The fraction of sp³-hybridized carbons (Fsp3) is 0.0625. The molecule has 0 radical (unpaired) electrons. The lowest BCUT2D eigenvalue weighted by atomic mass is 10.1. The number of aromatic nitrogens is 1. The summed E-state index contributed by atoms with van der Waals surface area (Å²) >= 11 is 0. The highest BCUT2D eigenvalue weighted by Gasteiger charge is 2.11. The van der Waals surface area contributed by atoms with Gasteiger partial charge in [0.05, 0.1) is 11.9 Å². The predicted octanol–water partition coefficient (Wildman–Crippen LogP) is 3.63. The maximum absolute atomic E-state index is 13.6. The first-order valence-corrected chi connectivity index (χ1v) is 6.43. The smallest absolute Gasteiger partial charge is 0.228 e. The Morgan fingerprint density at radius 3 is 2.62 bits per heavy atom. The highest BCUT2D eigenvalue weighted by atomic mass is 19.1. The van der Waals surface area contributed by atoms with Gasteiger partial charge in [0.25, 0.3) is 0 Å². The number of benzene rings is 2. The van der Waals surface area contributed by atoms with Gasteiger partial charge in [0.2, 0.25) is 5.91 Å². The highest BCUT2D eigenvalue weighted by molar-refractivity contribution is 5.95. The molecule has 0 aliphatic carbocycles. The Morgan fingerprint density at radius 2 is 1.86 bits per heavy atom. The molecule has 0 aliphatic rings. The molecule has 2 N–H and O–H groups in total. The molecule has 0 fully saturated rings. The molecule has 5 heteroatoms. The zero-order valence-corrected chi connectivity index (χ0v) is 11.0. The van der Waals surface area contributed by atoms with E-state index in [0.29, 0.717) is 22.2 Å². The lowest BCUT2D eigenvalue weighted by molar-refractivity contribution is -0.115. The first kappa shape index (κ1) is 13.3. The molecule has 106 valence electrons. The maximum Gasteiger partial charge on any atom is 0.228 e. The Labute approximate surface area is 119 Å². The number of aromatic amines is 1. The van der Waals surface area contributed by atoms with Gasteiger partial charge in [-0.05, 0) is 35.9 Å². The third-order valence-electron chi connectivity index (χ3n) is 3.23. The van der Waals surface area contributed by atoms with Crippen LogP contribution in [0.25, 0.3) is 10.9 Å². The molecule has 1 amide bonds. The van der Waals surface area contributed by atoms with Crippen molar-refractivity contribution < 1.29 is 13.6 Å². The van der Waals surface area contributed by atoms with Crippen LogP contribution in [0.2, 0.25) is 0 Å². The van der Waals surface area contributed by atoms with E-state index in [-0.39, 0.29) is 24.0 Å². The van der Waals surface area contributed by atoms with Crippen molar-refractivity contribution in [3.05, 3.63) is 65.9 Å². The highest BCUT2D eigenvalue weighted by Crippen LogP contribution is 2.21. The molecular weight excluding hydrogens is 274 g/mol. The van der Waals surface area contributed by atoms with E-state index in [1.165, 1.54) is 30.3 Å². The average molecular weight is 286 g/mol. The summed E-state index contributed by atoms with van der Waals surface area (Å²) in [6.45, 7) is 0. The van der Waals surface area contributed by atoms with Gasteiger partial charge in [-0.15, -0.1) is 0 Å². The van der Waals surface area contributed by atoms with Gasteiger partial charge in [0, 0.05) is 17.3 Å². The van der Waals surface area contributed by atoms with E-state index in [1.54, 1.807) is 18.3 Å². The summed E-state index contributed by atoms with van der Waals surface area (Å²) in [6, 6.07) is 10.3. The summed E-state index contributed by atoms with van der Waals surface area (Å²) in [5.74, 6) is -0.954. The monoisotopic (exact) mass is 286 g/mol. The SMILES string of the molecule is O=C(Cc1c[nH]c2c(F)cccc12)Nc1ccc(F)cc1. The quantitative estimate of drug-likeness (QED) is 0.758. The van der Waals surface area contributed by atoms with Gasteiger partial charge in [-0.25, -0.2) is 8.78 Å². The van der Waals surface area contributed by atoms with Crippen LogP contribution in [0.5, 0.6) is 0 Å². The van der Waals surface area contributed by atoms with Crippen molar-refractivity contribution in [1.82, 2.24) is 4.98 Å². The minimum Gasteiger partial charge on any atom is -0.359 e. The number of hydrogen-bond acceptors (Lipinski definition) is 1. The maximum atomic E-state index is 13.6. The van der Waals surface area contributed by atoms with Crippen LogP contribution >= 0.6 is 0 Å². The Kier molecular flexibility index (Phi) is 3.39. The zero-order valence-electron chi connectivity index (χ0n) is 11.0. The van der Waals surface area contributed by atoms with Gasteiger partial charge < -0.3 is 10.3 Å². The number of anilines is 1. The van der Waals surface area contributed by atoms with Crippen LogP contribution in [0.1, 0.15) is 5.56 Å². The second-order valence-electron chi connectivity index (χ2n) is 4.71. The van der Waals surface area contributed by atoms with Crippen LogP contribution in [0.15, 0.2) is 48.7 Å². The van der Waals surface area contributed by atoms with Gasteiger partial charge in [0.15, 0.2) is 0 Å². The number of rotatable bonds is 3. The topological polar surface area (TPSA) is 44.9 Å². The van der Waals surface area contributed by atoms with Crippen LogP contribution in [0.4, 0.5) is 14.5 Å². The second-order valence-corrected chi connectivity index (χ2v) is 4.71. The van der Waals surface area contributed by atoms with E-state index >= 15 is 0 Å². The molecular formula is C16H12F2N2O. The van der Waals surface area contributed by atoms with Crippen LogP contribution in [0, 0.1) is 11.6 Å². The lowest BCUT2D eigenvalue weighted by Crippen LogP contribution is -2.14. The Hall–Kier alpha value is -2.69. The minimum atomic E-state index is -0.361. The summed E-state index contributed by atoms with van der Waals surface area (Å²) in [4.78, 5) is 14.8. The van der Waals surface area contributed by atoms with E-state index < -0.39 is 0 Å². The van der Waals surface area contributed by atoms with E-state index in [2.05, 4.69) is 10.3 Å². The number of hydrogen-bond donors (Lipinski definition) is 2. The van der Waals surface area contributed by atoms with Crippen molar-refractivity contribution in [3.63, 3.8) is 0 Å².